The average molecular weight is 442 g/mol. The highest BCUT2D eigenvalue weighted by Crippen LogP contribution is 2.30. The highest BCUT2D eigenvalue weighted by atomic mass is 79.9. The Morgan fingerprint density at radius 1 is 1.10 bits per heavy atom. The smallest absolute Gasteiger partial charge is 0.244 e. The van der Waals surface area contributed by atoms with Crippen molar-refractivity contribution in [3.05, 3.63) is 26.6 Å². The predicted octanol–water partition coefficient (Wildman–Crippen LogP) is 3.48. The number of rotatable bonds is 7. The Hall–Kier alpha value is 0.0500. The summed E-state index contributed by atoms with van der Waals surface area (Å²) in [7, 11) is 0.488. The van der Waals surface area contributed by atoms with Crippen LogP contribution in [0.25, 0.3) is 0 Å². The zero-order valence-electron chi connectivity index (χ0n) is 12.9. The van der Waals surface area contributed by atoms with E-state index in [1.54, 1.807) is 6.07 Å². The van der Waals surface area contributed by atoms with E-state index >= 15 is 0 Å². The number of hydrogen-bond donors (Lipinski definition) is 0. The monoisotopic (exact) mass is 440 g/mol. The summed E-state index contributed by atoms with van der Waals surface area (Å²) in [6, 6.07) is 3.49. The molecule has 0 bridgehead atoms. The second kappa shape index (κ2) is 8.06. The van der Waals surface area contributed by atoms with E-state index in [2.05, 4.69) is 36.8 Å². The summed E-state index contributed by atoms with van der Waals surface area (Å²) >= 11 is 6.78. The van der Waals surface area contributed by atoms with Gasteiger partial charge in [-0.25, -0.2) is 8.42 Å². The van der Waals surface area contributed by atoms with Gasteiger partial charge in [0.05, 0.1) is 4.90 Å². The molecule has 1 aromatic rings. The molecule has 21 heavy (non-hydrogen) atoms. The molecule has 0 aliphatic rings. The molecule has 0 heterocycles. The van der Waals surface area contributed by atoms with Gasteiger partial charge in [0.25, 0.3) is 0 Å². The largest absolute Gasteiger partial charge is 0.309 e. The van der Waals surface area contributed by atoms with Crippen LogP contribution < -0.4 is 0 Å². The van der Waals surface area contributed by atoms with Crippen LogP contribution in [0.1, 0.15) is 18.9 Å². The molecule has 7 heteroatoms. The number of benzene rings is 1. The highest BCUT2D eigenvalue weighted by Gasteiger charge is 2.25. The quantitative estimate of drug-likeness (QED) is 0.650. The molecule has 0 atom stereocenters. The Kier molecular flexibility index (Phi) is 7.33. The highest BCUT2D eigenvalue weighted by molar-refractivity contribution is 9.11. The summed E-state index contributed by atoms with van der Waals surface area (Å²) in [6.07, 6.45) is 0.810. The van der Waals surface area contributed by atoms with Crippen molar-refractivity contribution < 1.29 is 8.42 Å². The van der Waals surface area contributed by atoms with Crippen molar-refractivity contribution in [2.75, 3.05) is 33.7 Å². The van der Waals surface area contributed by atoms with Gasteiger partial charge in [-0.3, -0.25) is 0 Å². The van der Waals surface area contributed by atoms with Gasteiger partial charge < -0.3 is 4.90 Å². The van der Waals surface area contributed by atoms with Gasteiger partial charge in [-0.1, -0.05) is 22.9 Å². The summed E-state index contributed by atoms with van der Waals surface area (Å²) in [4.78, 5) is 2.37. The van der Waals surface area contributed by atoms with E-state index in [1.807, 2.05) is 34.0 Å². The number of sulfonamides is 1. The predicted molar refractivity (Wildman–Crippen MR) is 94.2 cm³/mol. The number of aryl methyl sites for hydroxylation is 1. The van der Waals surface area contributed by atoms with Gasteiger partial charge in [0.15, 0.2) is 0 Å². The summed E-state index contributed by atoms with van der Waals surface area (Å²) in [6.45, 7) is 5.65. The summed E-state index contributed by atoms with van der Waals surface area (Å²) in [5.74, 6) is 0. The average Bonchev–Trinajstić information content (AvgIpc) is 2.38. The van der Waals surface area contributed by atoms with Crippen LogP contribution in [0, 0.1) is 6.92 Å². The maximum Gasteiger partial charge on any atom is 0.244 e. The molecule has 0 N–H and O–H groups in total. The van der Waals surface area contributed by atoms with Crippen molar-refractivity contribution in [1.29, 1.82) is 0 Å². The number of halogens is 2. The minimum Gasteiger partial charge on any atom is -0.309 e. The molecule has 0 aliphatic heterocycles. The minimum atomic E-state index is -3.48. The van der Waals surface area contributed by atoms with Crippen molar-refractivity contribution in [3.8, 4) is 0 Å². The van der Waals surface area contributed by atoms with Gasteiger partial charge in [0.1, 0.15) is 0 Å². The van der Waals surface area contributed by atoms with Crippen LogP contribution in [0.2, 0.25) is 0 Å². The molecule has 0 amide bonds. The zero-order chi connectivity index (χ0) is 16.2. The molecule has 0 saturated carbocycles. The van der Waals surface area contributed by atoms with E-state index in [4.69, 9.17) is 0 Å². The molecule has 120 valence electrons. The normalized spacial score (nSPS) is 12.4. The molecule has 0 fully saturated rings. The van der Waals surface area contributed by atoms with Crippen LogP contribution in [-0.2, 0) is 10.0 Å². The fourth-order valence-electron chi connectivity index (χ4n) is 1.98. The van der Waals surface area contributed by atoms with Crippen LogP contribution in [0.3, 0.4) is 0 Å². The van der Waals surface area contributed by atoms with Crippen molar-refractivity contribution in [1.82, 2.24) is 9.21 Å². The molecule has 0 radical (unpaired) electrons. The summed E-state index contributed by atoms with van der Waals surface area (Å²) < 4.78 is 28.5. The number of nitrogens with zero attached hydrogens (tertiary/aromatic N) is 2. The van der Waals surface area contributed by atoms with E-state index in [-0.39, 0.29) is 0 Å². The SMILES string of the molecule is CCN(CCCN(C)C)S(=O)(=O)c1cc(Br)c(C)cc1Br. The van der Waals surface area contributed by atoms with E-state index in [1.165, 1.54) is 4.31 Å². The topological polar surface area (TPSA) is 40.6 Å². The zero-order valence-corrected chi connectivity index (χ0v) is 16.8. The third-order valence-electron chi connectivity index (χ3n) is 3.20. The lowest BCUT2D eigenvalue weighted by Gasteiger charge is -2.22. The van der Waals surface area contributed by atoms with Crippen LogP contribution in [0.5, 0.6) is 0 Å². The molecule has 0 aliphatic carbocycles. The van der Waals surface area contributed by atoms with Gasteiger partial charge in [0.2, 0.25) is 10.0 Å². The van der Waals surface area contributed by atoms with E-state index in [0.29, 0.717) is 22.5 Å². The molecular weight excluding hydrogens is 420 g/mol. The Bertz CT molecular complexity index is 589. The van der Waals surface area contributed by atoms with Crippen molar-refractivity contribution in [2.45, 2.75) is 25.2 Å². The third-order valence-corrected chi connectivity index (χ3v) is 6.98. The van der Waals surface area contributed by atoms with E-state index in [9.17, 15) is 8.42 Å². The molecule has 1 aromatic carbocycles. The van der Waals surface area contributed by atoms with Gasteiger partial charge >= 0.3 is 0 Å². The van der Waals surface area contributed by atoms with Crippen molar-refractivity contribution in [2.24, 2.45) is 0 Å². The van der Waals surface area contributed by atoms with Crippen LogP contribution in [-0.4, -0.2) is 51.4 Å². The third kappa shape index (κ3) is 5.03. The van der Waals surface area contributed by atoms with Crippen LogP contribution >= 0.6 is 31.9 Å². The maximum atomic E-state index is 12.8. The summed E-state index contributed by atoms with van der Waals surface area (Å²) in [5.41, 5.74) is 0.997. The maximum absolute atomic E-state index is 12.8. The Morgan fingerprint density at radius 2 is 1.71 bits per heavy atom. The van der Waals surface area contributed by atoms with Gasteiger partial charge in [-0.15, -0.1) is 0 Å². The van der Waals surface area contributed by atoms with E-state index in [0.717, 1.165) is 23.0 Å². The Morgan fingerprint density at radius 3 is 2.24 bits per heavy atom. The molecule has 0 aromatic heterocycles. The Labute approximate surface area is 144 Å². The second-order valence-corrected chi connectivity index (χ2v) is 8.80. The minimum absolute atomic E-state index is 0.312. The summed E-state index contributed by atoms with van der Waals surface area (Å²) in [5, 5.41) is 0. The Balaban J connectivity index is 3.05. The molecule has 0 spiro atoms. The molecule has 0 saturated heterocycles. The van der Waals surface area contributed by atoms with Gasteiger partial charge in [0, 0.05) is 22.0 Å². The van der Waals surface area contributed by atoms with Gasteiger partial charge in [-0.2, -0.15) is 4.31 Å². The fourth-order valence-corrected chi connectivity index (χ4v) is 5.10. The van der Waals surface area contributed by atoms with Crippen molar-refractivity contribution >= 4 is 41.9 Å². The van der Waals surface area contributed by atoms with Gasteiger partial charge in [-0.05, 0) is 67.6 Å². The van der Waals surface area contributed by atoms with Crippen molar-refractivity contribution in [3.63, 3.8) is 0 Å². The lowest BCUT2D eigenvalue weighted by Crippen LogP contribution is -2.33. The first-order valence-electron chi connectivity index (χ1n) is 6.80. The molecular formula is C14H22Br2N2O2S. The molecule has 4 nitrogen and oxygen atoms in total. The first-order chi connectivity index (χ1) is 9.70. The standard InChI is InChI=1S/C14H22Br2N2O2S/c1-5-18(8-6-7-17(3)4)21(19,20)14-10-12(15)11(2)9-13(14)16/h9-10H,5-8H2,1-4H3. The van der Waals surface area contributed by atoms with E-state index < -0.39 is 10.0 Å². The first-order valence-corrected chi connectivity index (χ1v) is 9.83. The molecule has 0 unspecified atom stereocenters. The van der Waals surface area contributed by atoms with Crippen LogP contribution in [0.15, 0.2) is 26.0 Å². The fraction of sp³-hybridized carbons (Fsp3) is 0.571. The number of hydrogen-bond acceptors (Lipinski definition) is 3. The first kappa shape index (κ1) is 19.1. The second-order valence-electron chi connectivity index (χ2n) is 5.19. The molecule has 1 rings (SSSR count). The lowest BCUT2D eigenvalue weighted by molar-refractivity contribution is 0.356. The van der Waals surface area contributed by atoms with Crippen LogP contribution in [0.4, 0.5) is 0 Å². The lowest BCUT2D eigenvalue weighted by atomic mass is 10.2.